The number of rotatable bonds is 5. The minimum Gasteiger partial charge on any atom is -0.115 e. The summed E-state index contributed by atoms with van der Waals surface area (Å²) in [5.41, 5.74) is 2.28. The Bertz CT molecular complexity index is 354. The molecule has 0 amide bonds. The van der Waals surface area contributed by atoms with Crippen LogP contribution in [0.15, 0.2) is 73.4 Å². The van der Waals surface area contributed by atoms with Crippen molar-refractivity contribution in [3.63, 3.8) is 0 Å². The Balaban J connectivity index is 4.66. The van der Waals surface area contributed by atoms with Gasteiger partial charge in [0.1, 0.15) is 0 Å². The van der Waals surface area contributed by atoms with Crippen molar-refractivity contribution in [2.75, 3.05) is 0 Å². The van der Waals surface area contributed by atoms with Crippen LogP contribution in [-0.2, 0) is 0 Å². The second-order valence-electron chi connectivity index (χ2n) is 2.59. The molecule has 0 aromatic carbocycles. The fourth-order valence-electron chi connectivity index (χ4n) is 0.731. The zero-order valence-electron chi connectivity index (χ0n) is 8.29. The maximum atomic E-state index is 5.24. The van der Waals surface area contributed by atoms with Gasteiger partial charge in [0.05, 0.1) is 0 Å². The Morgan fingerprint density at radius 3 is 2.21 bits per heavy atom. The molecule has 0 saturated heterocycles. The Morgan fingerprint density at radius 2 is 1.79 bits per heavy atom. The van der Waals surface area contributed by atoms with E-state index in [1.807, 2.05) is 6.08 Å². The molecule has 0 aliphatic rings. The van der Waals surface area contributed by atoms with Crippen molar-refractivity contribution in [3.05, 3.63) is 73.4 Å². The molecule has 0 unspecified atom stereocenters. The molecule has 0 heterocycles. The van der Waals surface area contributed by atoms with E-state index in [1.54, 1.807) is 24.3 Å². The van der Waals surface area contributed by atoms with Gasteiger partial charge in [-0.15, -0.1) is 6.42 Å². The van der Waals surface area contributed by atoms with Crippen molar-refractivity contribution in [3.8, 4) is 12.3 Å². The van der Waals surface area contributed by atoms with Crippen molar-refractivity contribution in [2.24, 2.45) is 0 Å². The molecule has 0 aliphatic heterocycles. The van der Waals surface area contributed by atoms with Gasteiger partial charge in [0.15, 0.2) is 0 Å². The summed E-state index contributed by atoms with van der Waals surface area (Å²) >= 11 is 0. The third-order valence-corrected chi connectivity index (χ3v) is 1.56. The van der Waals surface area contributed by atoms with Crippen LogP contribution in [0.25, 0.3) is 0 Å². The zero-order valence-corrected chi connectivity index (χ0v) is 8.29. The third-order valence-electron chi connectivity index (χ3n) is 1.56. The first kappa shape index (κ1) is 12.0. The summed E-state index contributed by atoms with van der Waals surface area (Å²) in [4.78, 5) is 0. The first-order valence-electron chi connectivity index (χ1n) is 4.13. The van der Waals surface area contributed by atoms with Crippen molar-refractivity contribution >= 4 is 0 Å². The monoisotopic (exact) mass is 182 g/mol. The lowest BCUT2D eigenvalue weighted by Crippen LogP contribution is -1.80. The van der Waals surface area contributed by atoms with E-state index in [1.165, 1.54) is 0 Å². The smallest absolute Gasteiger partial charge is 0.0242 e. The minimum atomic E-state index is 0.697. The molecule has 70 valence electrons. The highest BCUT2D eigenvalue weighted by molar-refractivity contribution is 5.49. The lowest BCUT2D eigenvalue weighted by Gasteiger charge is -1.98. The van der Waals surface area contributed by atoms with E-state index in [2.05, 4.69) is 32.2 Å². The van der Waals surface area contributed by atoms with Gasteiger partial charge >= 0.3 is 0 Å². The number of allylic oxidation sites excluding steroid dienone is 8. The van der Waals surface area contributed by atoms with E-state index in [-0.39, 0.29) is 0 Å². The average molecular weight is 182 g/mol. The molecule has 0 aliphatic carbocycles. The van der Waals surface area contributed by atoms with Gasteiger partial charge in [-0.25, -0.2) is 0 Å². The molecule has 0 fully saturated rings. The van der Waals surface area contributed by atoms with E-state index in [4.69, 9.17) is 6.42 Å². The molecule has 0 bridgehead atoms. The summed E-state index contributed by atoms with van der Waals surface area (Å²) in [5.74, 6) is 2.49. The first-order valence-corrected chi connectivity index (χ1v) is 4.13. The Morgan fingerprint density at radius 1 is 1.14 bits per heavy atom. The molecule has 0 atom stereocenters. The molecular formula is C14H14. The Kier molecular flexibility index (Phi) is 5.58. The summed E-state index contributed by atoms with van der Waals surface area (Å²) in [5, 5.41) is 0. The second kappa shape index (κ2) is 6.51. The van der Waals surface area contributed by atoms with E-state index in [9.17, 15) is 0 Å². The maximum absolute atomic E-state index is 5.24. The van der Waals surface area contributed by atoms with Crippen LogP contribution in [0.2, 0.25) is 0 Å². The highest BCUT2D eigenvalue weighted by Gasteiger charge is 1.92. The van der Waals surface area contributed by atoms with Crippen LogP contribution in [0.5, 0.6) is 0 Å². The van der Waals surface area contributed by atoms with Gasteiger partial charge in [-0.1, -0.05) is 56.5 Å². The lowest BCUT2D eigenvalue weighted by atomic mass is 10.1. The average Bonchev–Trinajstić information content (AvgIpc) is 2.21. The molecule has 0 N–H and O–H groups in total. The largest absolute Gasteiger partial charge is 0.115 e. The lowest BCUT2D eigenvalue weighted by molar-refractivity contribution is 1.57. The second-order valence-corrected chi connectivity index (χ2v) is 2.59. The zero-order chi connectivity index (χ0) is 11.0. The van der Waals surface area contributed by atoms with Gasteiger partial charge in [0.2, 0.25) is 0 Å². The van der Waals surface area contributed by atoms with Crippen LogP contribution >= 0.6 is 0 Å². The van der Waals surface area contributed by atoms with Gasteiger partial charge in [-0.05, 0) is 17.2 Å². The summed E-state index contributed by atoms with van der Waals surface area (Å²) in [6.45, 7) is 14.8. The van der Waals surface area contributed by atoms with Gasteiger partial charge in [0.25, 0.3) is 0 Å². The number of hydrogen-bond donors (Lipinski definition) is 0. The quantitative estimate of drug-likeness (QED) is 0.450. The first-order chi connectivity index (χ1) is 6.65. The summed E-state index contributed by atoms with van der Waals surface area (Å²) < 4.78 is 0. The molecule has 0 heteroatoms. The van der Waals surface area contributed by atoms with Crippen LogP contribution in [0.1, 0.15) is 0 Å². The highest BCUT2D eigenvalue weighted by Crippen LogP contribution is 2.11. The molecule has 0 nitrogen and oxygen atoms in total. The van der Waals surface area contributed by atoms with Crippen LogP contribution < -0.4 is 0 Å². The summed E-state index contributed by atoms with van der Waals surface area (Å²) in [6, 6.07) is 0. The minimum absolute atomic E-state index is 0.697. The summed E-state index contributed by atoms with van der Waals surface area (Å²) in [7, 11) is 0. The molecule has 0 spiro atoms. The fourth-order valence-corrected chi connectivity index (χ4v) is 0.731. The molecule has 0 aromatic rings. The molecule has 0 aromatic heterocycles. The highest BCUT2D eigenvalue weighted by atomic mass is 14.0. The van der Waals surface area contributed by atoms with Crippen LogP contribution in [0.3, 0.4) is 0 Å². The van der Waals surface area contributed by atoms with Crippen molar-refractivity contribution in [1.29, 1.82) is 0 Å². The molecular weight excluding hydrogens is 168 g/mol. The standard InChI is InChI=1S/C14H14/c1-6-9-10-12(4)13(5)11-14(7-2)8-3/h2,6,8-11H,1,3-5H2/b10-9-,14-11-. The van der Waals surface area contributed by atoms with E-state index in [0.29, 0.717) is 5.57 Å². The van der Waals surface area contributed by atoms with E-state index < -0.39 is 0 Å². The number of terminal acetylenes is 1. The molecule has 0 saturated carbocycles. The van der Waals surface area contributed by atoms with Gasteiger partial charge in [-0.2, -0.15) is 0 Å². The maximum Gasteiger partial charge on any atom is 0.0242 e. The van der Waals surface area contributed by atoms with E-state index >= 15 is 0 Å². The Labute approximate surface area is 86.3 Å². The van der Waals surface area contributed by atoms with Crippen molar-refractivity contribution < 1.29 is 0 Å². The Hall–Kier alpha value is -2.00. The topological polar surface area (TPSA) is 0 Å². The molecule has 14 heavy (non-hydrogen) atoms. The van der Waals surface area contributed by atoms with Gasteiger partial charge in [-0.3, -0.25) is 0 Å². The van der Waals surface area contributed by atoms with Crippen LogP contribution in [-0.4, -0.2) is 0 Å². The van der Waals surface area contributed by atoms with Crippen molar-refractivity contribution in [2.45, 2.75) is 0 Å². The predicted molar refractivity (Wildman–Crippen MR) is 64.7 cm³/mol. The van der Waals surface area contributed by atoms with Crippen molar-refractivity contribution in [1.82, 2.24) is 0 Å². The molecule has 0 radical (unpaired) electrons. The predicted octanol–water partition coefficient (Wildman–Crippen LogP) is 3.59. The van der Waals surface area contributed by atoms with E-state index in [0.717, 1.165) is 11.1 Å². The van der Waals surface area contributed by atoms with Gasteiger partial charge < -0.3 is 0 Å². The number of hydrogen-bond acceptors (Lipinski definition) is 0. The molecule has 0 rings (SSSR count). The summed E-state index contributed by atoms with van der Waals surface area (Å²) in [6.07, 6.45) is 13.9. The normalized spacial score (nSPS) is 10.6. The van der Waals surface area contributed by atoms with Gasteiger partial charge in [0, 0.05) is 5.57 Å². The SMILES string of the molecule is C#C/C(C=C)=C/C(=C)C(=C)/C=C\C=C. The fraction of sp³-hybridized carbons (Fsp3) is 0. The third kappa shape index (κ3) is 4.13. The van der Waals surface area contributed by atoms with Crippen LogP contribution in [0, 0.1) is 12.3 Å². The van der Waals surface area contributed by atoms with Crippen LogP contribution in [0.4, 0.5) is 0 Å².